The van der Waals surface area contributed by atoms with Crippen LogP contribution in [0.3, 0.4) is 0 Å². The molecule has 3 aromatic rings. The maximum Gasteiger partial charge on any atom is 0.325 e. The minimum Gasteiger partial charge on any atom is -0.319 e. The molecule has 3 atom stereocenters. The smallest absolute Gasteiger partial charge is 0.319 e. The standard InChI is InChI=1S/C32H27ClF2N4O3/c1-32(22-9-11-23(33)12-10-22)30(41)38(31(42)36-32)18-27(40)39-29(20-7-15-25(35)16-8-20)26-4-2-3-21(28(26)37-39)17-19-5-13-24(34)14-6-19/h5-17,26,29H,2-4,18H2,1H3,(H,36,42)/b21-17+/t26-,29-,32+/m1/s1. The molecule has 214 valence electrons. The molecule has 42 heavy (non-hydrogen) atoms. The number of amides is 4. The molecule has 0 bridgehead atoms. The predicted octanol–water partition coefficient (Wildman–Crippen LogP) is 6.21. The molecule has 2 fully saturated rings. The molecular weight excluding hydrogens is 562 g/mol. The lowest BCUT2D eigenvalue weighted by Gasteiger charge is -2.30. The monoisotopic (exact) mass is 588 g/mol. The largest absolute Gasteiger partial charge is 0.325 e. The third-order valence-corrected chi connectivity index (χ3v) is 8.42. The van der Waals surface area contributed by atoms with E-state index in [1.165, 1.54) is 29.3 Å². The number of urea groups is 1. The SMILES string of the molecule is C[C@@]1(c2ccc(Cl)cc2)NC(=O)N(CC(=O)N2N=C3/C(=C/c4ccc(F)cc4)CCC[C@H]3[C@H]2c2ccc(F)cc2)C1=O. The van der Waals surface area contributed by atoms with E-state index in [1.807, 2.05) is 6.08 Å². The van der Waals surface area contributed by atoms with Crippen molar-refractivity contribution >= 4 is 41.2 Å². The molecule has 1 N–H and O–H groups in total. The number of imide groups is 1. The van der Waals surface area contributed by atoms with Gasteiger partial charge in [-0.1, -0.05) is 48.0 Å². The van der Waals surface area contributed by atoms with Gasteiger partial charge in [0.2, 0.25) is 0 Å². The Morgan fingerprint density at radius 2 is 1.67 bits per heavy atom. The summed E-state index contributed by atoms with van der Waals surface area (Å²) in [5, 5.41) is 9.29. The van der Waals surface area contributed by atoms with Crippen LogP contribution in [0.15, 0.2) is 83.5 Å². The van der Waals surface area contributed by atoms with Gasteiger partial charge >= 0.3 is 6.03 Å². The number of hydrogen-bond acceptors (Lipinski definition) is 4. The second-order valence-electron chi connectivity index (χ2n) is 10.9. The summed E-state index contributed by atoms with van der Waals surface area (Å²) in [6.07, 6.45) is 4.23. The molecule has 0 spiro atoms. The van der Waals surface area contributed by atoms with E-state index in [9.17, 15) is 23.2 Å². The third-order valence-electron chi connectivity index (χ3n) is 8.17. The zero-order valence-corrected chi connectivity index (χ0v) is 23.4. The summed E-state index contributed by atoms with van der Waals surface area (Å²) in [7, 11) is 0. The molecular formula is C32H27ClF2N4O3. The first-order valence-electron chi connectivity index (χ1n) is 13.7. The topological polar surface area (TPSA) is 82.1 Å². The average molecular weight is 589 g/mol. The molecule has 3 aromatic carbocycles. The number of rotatable bonds is 5. The van der Waals surface area contributed by atoms with E-state index in [-0.39, 0.29) is 11.7 Å². The van der Waals surface area contributed by atoms with Crippen molar-refractivity contribution in [2.75, 3.05) is 6.54 Å². The molecule has 7 nitrogen and oxygen atoms in total. The molecule has 0 radical (unpaired) electrons. The van der Waals surface area contributed by atoms with E-state index in [1.54, 1.807) is 55.5 Å². The van der Waals surface area contributed by atoms with Crippen LogP contribution in [0.1, 0.15) is 48.9 Å². The molecule has 6 rings (SSSR count). The van der Waals surface area contributed by atoms with Gasteiger partial charge < -0.3 is 5.32 Å². The number of hydrogen-bond donors (Lipinski definition) is 1. The lowest BCUT2D eigenvalue weighted by Crippen LogP contribution is -2.44. The van der Waals surface area contributed by atoms with Gasteiger partial charge in [-0.3, -0.25) is 14.5 Å². The maximum atomic E-state index is 13.9. The van der Waals surface area contributed by atoms with Crippen LogP contribution < -0.4 is 5.32 Å². The number of nitrogens with zero attached hydrogens (tertiary/aromatic N) is 3. The molecule has 2 heterocycles. The van der Waals surface area contributed by atoms with E-state index < -0.39 is 41.8 Å². The minimum absolute atomic E-state index is 0.178. The summed E-state index contributed by atoms with van der Waals surface area (Å²) < 4.78 is 27.3. The number of allylic oxidation sites excluding steroid dienone is 1. The molecule has 0 aromatic heterocycles. The number of nitrogens with one attached hydrogen (secondary N) is 1. The van der Waals surface area contributed by atoms with E-state index in [0.717, 1.165) is 41.0 Å². The Morgan fingerprint density at radius 1 is 1.02 bits per heavy atom. The van der Waals surface area contributed by atoms with Crippen LogP contribution >= 0.6 is 11.6 Å². The van der Waals surface area contributed by atoms with Crippen LogP contribution in [0.5, 0.6) is 0 Å². The number of halogens is 3. The van der Waals surface area contributed by atoms with Gasteiger partial charge in [-0.25, -0.2) is 18.6 Å². The van der Waals surface area contributed by atoms with Crippen molar-refractivity contribution in [3.8, 4) is 0 Å². The molecule has 10 heteroatoms. The van der Waals surface area contributed by atoms with Gasteiger partial charge in [-0.05, 0) is 90.9 Å². The Bertz CT molecular complexity index is 1620. The zero-order valence-electron chi connectivity index (χ0n) is 22.7. The van der Waals surface area contributed by atoms with E-state index in [4.69, 9.17) is 16.7 Å². The molecule has 4 amide bonds. The Labute approximate surface area is 246 Å². The van der Waals surface area contributed by atoms with Gasteiger partial charge in [-0.15, -0.1) is 0 Å². The fraction of sp³-hybridized carbons (Fsp3) is 0.250. The first kappa shape index (κ1) is 27.8. The number of hydrazone groups is 1. The first-order chi connectivity index (χ1) is 20.1. The van der Waals surface area contributed by atoms with Gasteiger partial charge in [0.25, 0.3) is 11.8 Å². The van der Waals surface area contributed by atoms with Crippen molar-refractivity contribution in [3.05, 3.63) is 112 Å². The second kappa shape index (κ2) is 10.8. The summed E-state index contributed by atoms with van der Waals surface area (Å²) in [6.45, 7) is 1.06. The fourth-order valence-corrected chi connectivity index (χ4v) is 6.11. The second-order valence-corrected chi connectivity index (χ2v) is 11.3. The summed E-state index contributed by atoms with van der Waals surface area (Å²) >= 11 is 6.00. The lowest BCUT2D eigenvalue weighted by atomic mass is 9.77. The van der Waals surface area contributed by atoms with Crippen molar-refractivity contribution < 1.29 is 23.2 Å². The van der Waals surface area contributed by atoms with Gasteiger partial charge in [0.05, 0.1) is 11.8 Å². The summed E-state index contributed by atoms with van der Waals surface area (Å²) in [5.74, 6) is -2.03. The molecule has 1 aliphatic carbocycles. The highest BCUT2D eigenvalue weighted by atomic mass is 35.5. The quantitative estimate of drug-likeness (QED) is 0.360. The summed E-state index contributed by atoms with van der Waals surface area (Å²) in [5.41, 5.74) is 2.31. The van der Waals surface area contributed by atoms with Crippen LogP contribution in [-0.2, 0) is 15.1 Å². The number of benzene rings is 3. The predicted molar refractivity (Wildman–Crippen MR) is 154 cm³/mol. The van der Waals surface area contributed by atoms with Crippen LogP contribution in [0.2, 0.25) is 5.02 Å². The van der Waals surface area contributed by atoms with Gasteiger partial charge in [0, 0.05) is 10.9 Å². The van der Waals surface area contributed by atoms with E-state index >= 15 is 0 Å². The van der Waals surface area contributed by atoms with E-state index in [2.05, 4.69) is 5.32 Å². The Hall–Kier alpha value is -4.37. The molecule has 2 aliphatic heterocycles. The lowest BCUT2D eigenvalue weighted by molar-refractivity contribution is -0.140. The number of carbonyl (C=O) groups is 3. The van der Waals surface area contributed by atoms with Gasteiger partial charge in [0.1, 0.15) is 23.7 Å². The first-order valence-corrected chi connectivity index (χ1v) is 14.0. The zero-order chi connectivity index (χ0) is 29.6. The van der Waals surface area contributed by atoms with E-state index in [0.29, 0.717) is 16.1 Å². The fourth-order valence-electron chi connectivity index (χ4n) is 5.99. The Kier molecular flexibility index (Phi) is 7.14. The molecule has 1 saturated carbocycles. The van der Waals surface area contributed by atoms with Crippen molar-refractivity contribution in [3.63, 3.8) is 0 Å². The van der Waals surface area contributed by atoms with Gasteiger partial charge in [-0.2, -0.15) is 5.10 Å². The Balaban J connectivity index is 1.32. The Morgan fingerprint density at radius 3 is 2.33 bits per heavy atom. The van der Waals surface area contributed by atoms with Crippen LogP contribution in [-0.4, -0.2) is 40.0 Å². The molecule has 0 unspecified atom stereocenters. The maximum absolute atomic E-state index is 13.9. The summed E-state index contributed by atoms with van der Waals surface area (Å²) in [6, 6.07) is 17.4. The van der Waals surface area contributed by atoms with Crippen molar-refractivity contribution in [2.24, 2.45) is 11.0 Å². The van der Waals surface area contributed by atoms with Crippen molar-refractivity contribution in [2.45, 2.75) is 37.8 Å². The number of carbonyl (C=O) groups excluding carboxylic acids is 3. The average Bonchev–Trinajstić information content (AvgIpc) is 3.47. The molecule has 1 saturated heterocycles. The highest BCUT2D eigenvalue weighted by molar-refractivity contribution is 6.30. The van der Waals surface area contributed by atoms with Crippen molar-refractivity contribution in [1.82, 2.24) is 15.2 Å². The highest BCUT2D eigenvalue weighted by Crippen LogP contribution is 2.44. The number of fused-ring (bicyclic) bond motifs is 1. The van der Waals surface area contributed by atoms with Crippen molar-refractivity contribution in [1.29, 1.82) is 0 Å². The van der Waals surface area contributed by atoms with Crippen LogP contribution in [0, 0.1) is 17.6 Å². The van der Waals surface area contributed by atoms with Crippen LogP contribution in [0.25, 0.3) is 6.08 Å². The highest BCUT2D eigenvalue weighted by Gasteiger charge is 2.51. The minimum atomic E-state index is -1.37. The third kappa shape index (κ3) is 4.98. The van der Waals surface area contributed by atoms with Crippen LogP contribution in [0.4, 0.5) is 13.6 Å². The normalized spacial score (nSPS) is 24.6. The van der Waals surface area contributed by atoms with Gasteiger partial charge in [0.15, 0.2) is 0 Å². The molecule has 3 aliphatic rings. The summed E-state index contributed by atoms with van der Waals surface area (Å²) in [4.78, 5) is 41.3.